The van der Waals surface area contributed by atoms with Crippen molar-refractivity contribution in [1.82, 2.24) is 4.31 Å². The Morgan fingerprint density at radius 1 is 1.04 bits per heavy atom. The SMILES string of the molecule is Cc1cc(C)c(N2CCN(S(=O)(=O)c3ccc(C)s3)CC2)c(Cl)c1. The molecule has 0 unspecified atom stereocenters. The van der Waals surface area contributed by atoms with Crippen molar-refractivity contribution in [2.75, 3.05) is 31.1 Å². The normalized spacial score (nSPS) is 16.6. The molecule has 24 heavy (non-hydrogen) atoms. The van der Waals surface area contributed by atoms with Gasteiger partial charge in [-0.1, -0.05) is 17.7 Å². The lowest BCUT2D eigenvalue weighted by Gasteiger charge is -2.36. The number of sulfonamides is 1. The fourth-order valence-corrected chi connectivity index (χ4v) is 6.44. The Morgan fingerprint density at radius 3 is 2.25 bits per heavy atom. The van der Waals surface area contributed by atoms with Crippen LogP contribution in [0.2, 0.25) is 5.02 Å². The largest absolute Gasteiger partial charge is 0.367 e. The van der Waals surface area contributed by atoms with Crippen LogP contribution in [0.5, 0.6) is 0 Å². The molecule has 0 saturated carbocycles. The van der Waals surface area contributed by atoms with Gasteiger partial charge < -0.3 is 4.90 Å². The minimum absolute atomic E-state index is 0.429. The number of piperazine rings is 1. The summed E-state index contributed by atoms with van der Waals surface area (Å²) >= 11 is 7.75. The Balaban J connectivity index is 1.77. The molecule has 130 valence electrons. The Morgan fingerprint density at radius 2 is 1.71 bits per heavy atom. The molecule has 4 nitrogen and oxygen atoms in total. The number of benzene rings is 1. The molecule has 1 saturated heterocycles. The fourth-order valence-electron chi connectivity index (χ4n) is 3.14. The van der Waals surface area contributed by atoms with Crippen LogP contribution in [-0.4, -0.2) is 38.9 Å². The van der Waals surface area contributed by atoms with Gasteiger partial charge in [-0.15, -0.1) is 11.3 Å². The average Bonchev–Trinajstić information content (AvgIpc) is 2.94. The third-order valence-corrected chi connectivity index (χ3v) is 7.92. The average molecular weight is 385 g/mol. The van der Waals surface area contributed by atoms with Gasteiger partial charge in [-0.2, -0.15) is 4.31 Å². The summed E-state index contributed by atoms with van der Waals surface area (Å²) < 4.78 is 27.4. The van der Waals surface area contributed by atoms with Gasteiger partial charge in [0.05, 0.1) is 10.7 Å². The van der Waals surface area contributed by atoms with Crippen molar-refractivity contribution in [1.29, 1.82) is 0 Å². The zero-order valence-electron chi connectivity index (χ0n) is 14.0. The van der Waals surface area contributed by atoms with Crippen LogP contribution >= 0.6 is 22.9 Å². The van der Waals surface area contributed by atoms with Crippen LogP contribution in [0.4, 0.5) is 5.69 Å². The van der Waals surface area contributed by atoms with E-state index in [1.54, 1.807) is 10.4 Å². The molecule has 0 spiro atoms. The van der Waals surface area contributed by atoms with E-state index in [2.05, 4.69) is 11.0 Å². The number of aryl methyl sites for hydroxylation is 3. The van der Waals surface area contributed by atoms with Crippen molar-refractivity contribution in [3.63, 3.8) is 0 Å². The van der Waals surface area contributed by atoms with Crippen LogP contribution in [0.3, 0.4) is 0 Å². The monoisotopic (exact) mass is 384 g/mol. The molecule has 1 fully saturated rings. The van der Waals surface area contributed by atoms with Crippen LogP contribution in [0.25, 0.3) is 0 Å². The molecule has 0 amide bonds. The van der Waals surface area contributed by atoms with Gasteiger partial charge in [-0.3, -0.25) is 0 Å². The Kier molecular flexibility index (Phi) is 4.93. The Hall–Kier alpha value is -1.08. The molecule has 0 atom stereocenters. The van der Waals surface area contributed by atoms with Gasteiger partial charge in [-0.25, -0.2) is 8.42 Å². The maximum Gasteiger partial charge on any atom is 0.252 e. The van der Waals surface area contributed by atoms with E-state index in [1.807, 2.05) is 32.9 Å². The molecule has 1 aromatic carbocycles. The van der Waals surface area contributed by atoms with E-state index in [-0.39, 0.29) is 0 Å². The maximum atomic E-state index is 12.7. The predicted molar refractivity (Wildman–Crippen MR) is 101 cm³/mol. The van der Waals surface area contributed by atoms with Crippen molar-refractivity contribution in [3.05, 3.63) is 45.3 Å². The molecule has 7 heteroatoms. The standard InChI is InChI=1S/C17H21ClN2O2S2/c1-12-10-13(2)17(15(18)11-12)19-6-8-20(9-7-19)24(21,22)16-5-4-14(3)23-16/h4-5,10-11H,6-9H2,1-3H3. The third-order valence-electron chi connectivity index (χ3n) is 4.26. The first-order valence-electron chi connectivity index (χ1n) is 7.87. The number of hydrogen-bond donors (Lipinski definition) is 0. The van der Waals surface area contributed by atoms with Crippen molar-refractivity contribution in [2.24, 2.45) is 0 Å². The Bertz CT molecular complexity index is 830. The van der Waals surface area contributed by atoms with Gasteiger partial charge in [0.1, 0.15) is 4.21 Å². The molecule has 2 heterocycles. The summed E-state index contributed by atoms with van der Waals surface area (Å²) in [5.41, 5.74) is 3.28. The van der Waals surface area contributed by atoms with E-state index in [0.717, 1.165) is 26.7 Å². The lowest BCUT2D eigenvalue weighted by Crippen LogP contribution is -2.48. The molecule has 0 aliphatic carbocycles. The van der Waals surface area contributed by atoms with E-state index in [1.165, 1.54) is 11.3 Å². The van der Waals surface area contributed by atoms with Gasteiger partial charge in [0.25, 0.3) is 10.0 Å². The minimum Gasteiger partial charge on any atom is -0.367 e. The number of hydrogen-bond acceptors (Lipinski definition) is 4. The number of halogens is 1. The summed E-state index contributed by atoms with van der Waals surface area (Å²) in [5, 5.41) is 0.734. The second kappa shape index (κ2) is 6.67. The topological polar surface area (TPSA) is 40.6 Å². The summed E-state index contributed by atoms with van der Waals surface area (Å²) in [6.07, 6.45) is 0. The number of nitrogens with zero attached hydrogens (tertiary/aromatic N) is 2. The number of rotatable bonds is 3. The zero-order chi connectivity index (χ0) is 17.5. The highest BCUT2D eigenvalue weighted by molar-refractivity contribution is 7.91. The van der Waals surface area contributed by atoms with Crippen molar-refractivity contribution >= 4 is 38.6 Å². The Labute approximate surface area is 152 Å². The highest BCUT2D eigenvalue weighted by Gasteiger charge is 2.30. The predicted octanol–water partition coefficient (Wildman–Crippen LogP) is 3.84. The molecular formula is C17H21ClN2O2S2. The summed E-state index contributed by atoms with van der Waals surface area (Å²) in [6.45, 7) is 8.23. The lowest BCUT2D eigenvalue weighted by molar-refractivity contribution is 0.386. The smallest absolute Gasteiger partial charge is 0.252 e. The second-order valence-corrected chi connectivity index (χ2v) is 10.0. The molecule has 3 rings (SSSR count). The molecule has 2 aromatic rings. The highest BCUT2D eigenvalue weighted by Crippen LogP contribution is 2.32. The van der Waals surface area contributed by atoms with Gasteiger partial charge in [0.2, 0.25) is 0 Å². The first-order valence-corrected chi connectivity index (χ1v) is 10.5. The van der Waals surface area contributed by atoms with Crippen molar-refractivity contribution < 1.29 is 8.42 Å². The van der Waals surface area contributed by atoms with E-state index >= 15 is 0 Å². The first kappa shape index (κ1) is 17.7. The molecule has 0 radical (unpaired) electrons. The summed E-state index contributed by atoms with van der Waals surface area (Å²) in [6, 6.07) is 7.62. The van der Waals surface area contributed by atoms with E-state index in [9.17, 15) is 8.42 Å². The summed E-state index contributed by atoms with van der Waals surface area (Å²) in [4.78, 5) is 3.19. The van der Waals surface area contributed by atoms with Gasteiger partial charge in [0.15, 0.2) is 0 Å². The molecule has 1 aliphatic heterocycles. The highest BCUT2D eigenvalue weighted by atomic mass is 35.5. The lowest BCUT2D eigenvalue weighted by atomic mass is 10.1. The minimum atomic E-state index is -3.38. The van der Waals surface area contributed by atoms with Crippen LogP contribution < -0.4 is 4.90 Å². The fraction of sp³-hybridized carbons (Fsp3) is 0.412. The molecule has 0 N–H and O–H groups in total. The zero-order valence-corrected chi connectivity index (χ0v) is 16.4. The molecule has 0 bridgehead atoms. The van der Waals surface area contributed by atoms with E-state index in [0.29, 0.717) is 30.4 Å². The maximum absolute atomic E-state index is 12.7. The third kappa shape index (κ3) is 3.33. The van der Waals surface area contributed by atoms with Crippen LogP contribution in [0.1, 0.15) is 16.0 Å². The van der Waals surface area contributed by atoms with Crippen LogP contribution in [0.15, 0.2) is 28.5 Å². The van der Waals surface area contributed by atoms with Crippen LogP contribution in [-0.2, 0) is 10.0 Å². The first-order chi connectivity index (χ1) is 11.3. The van der Waals surface area contributed by atoms with Gasteiger partial charge >= 0.3 is 0 Å². The molecule has 1 aromatic heterocycles. The van der Waals surface area contributed by atoms with Crippen molar-refractivity contribution in [2.45, 2.75) is 25.0 Å². The van der Waals surface area contributed by atoms with Crippen LogP contribution in [0, 0.1) is 20.8 Å². The molecular weight excluding hydrogens is 364 g/mol. The number of thiophene rings is 1. The second-order valence-electron chi connectivity index (χ2n) is 6.17. The van der Waals surface area contributed by atoms with Gasteiger partial charge in [0, 0.05) is 31.1 Å². The van der Waals surface area contributed by atoms with E-state index < -0.39 is 10.0 Å². The summed E-state index contributed by atoms with van der Waals surface area (Å²) in [7, 11) is -3.38. The quantitative estimate of drug-likeness (QED) is 0.807. The summed E-state index contributed by atoms with van der Waals surface area (Å²) in [5.74, 6) is 0. The van der Waals surface area contributed by atoms with Crippen molar-refractivity contribution in [3.8, 4) is 0 Å². The van der Waals surface area contributed by atoms with E-state index in [4.69, 9.17) is 11.6 Å². The molecule has 1 aliphatic rings. The number of anilines is 1. The van der Waals surface area contributed by atoms with Gasteiger partial charge in [-0.05, 0) is 50.1 Å².